The molecule has 2 aromatic rings. The predicted molar refractivity (Wildman–Crippen MR) is 93.5 cm³/mol. The maximum atomic E-state index is 12.6. The zero-order valence-electron chi connectivity index (χ0n) is 13.9. The van der Waals surface area contributed by atoms with Gasteiger partial charge in [0, 0.05) is 25.4 Å². The number of urea groups is 1. The van der Waals surface area contributed by atoms with Crippen LogP contribution in [0, 0.1) is 0 Å². The van der Waals surface area contributed by atoms with E-state index in [1.54, 1.807) is 4.68 Å². The maximum absolute atomic E-state index is 12.6. The molecular weight excluding hydrogens is 318 g/mol. The second-order valence-electron chi connectivity index (χ2n) is 6.58. The van der Waals surface area contributed by atoms with Gasteiger partial charge >= 0.3 is 6.03 Å². The van der Waals surface area contributed by atoms with Crippen LogP contribution in [0.1, 0.15) is 25.7 Å². The quantitative estimate of drug-likeness (QED) is 0.818. The van der Waals surface area contributed by atoms with Crippen molar-refractivity contribution in [2.24, 2.45) is 0 Å². The van der Waals surface area contributed by atoms with Crippen molar-refractivity contribution in [1.29, 1.82) is 0 Å². The molecule has 1 aromatic carbocycles. The fourth-order valence-electron chi connectivity index (χ4n) is 3.64. The van der Waals surface area contributed by atoms with Crippen molar-refractivity contribution in [3.8, 4) is 5.69 Å². The first-order chi connectivity index (χ1) is 12.2. The maximum Gasteiger partial charge on any atom is 0.325 e. The number of hydrogen-bond donors (Lipinski definition) is 2. The van der Waals surface area contributed by atoms with E-state index in [4.69, 9.17) is 0 Å². The van der Waals surface area contributed by atoms with E-state index in [-0.39, 0.29) is 11.9 Å². The third-order valence-electron chi connectivity index (χ3n) is 4.95. The standard InChI is InChI=1S/C18H21N5O2/c24-16-18(9-4-5-10-18)20-17(25)22(16)13-11-19-15-8-12-23(21-15)14-6-2-1-3-7-14/h1-3,6-8,12H,4-5,9-11,13H2,(H,19,21)(H,20,25). The van der Waals surface area contributed by atoms with Crippen LogP contribution < -0.4 is 10.6 Å². The Labute approximate surface area is 146 Å². The minimum Gasteiger partial charge on any atom is -0.367 e. The molecule has 2 heterocycles. The Bertz CT molecular complexity index is 780. The highest BCUT2D eigenvalue weighted by atomic mass is 16.2. The third kappa shape index (κ3) is 2.86. The highest BCUT2D eigenvalue weighted by Gasteiger charge is 2.52. The summed E-state index contributed by atoms with van der Waals surface area (Å²) >= 11 is 0. The highest BCUT2D eigenvalue weighted by molar-refractivity contribution is 6.07. The number of hydrogen-bond acceptors (Lipinski definition) is 4. The van der Waals surface area contributed by atoms with Gasteiger partial charge in [-0.1, -0.05) is 31.0 Å². The molecule has 4 rings (SSSR count). The summed E-state index contributed by atoms with van der Waals surface area (Å²) in [6.07, 6.45) is 5.37. The van der Waals surface area contributed by atoms with Crippen LogP contribution in [0.2, 0.25) is 0 Å². The van der Waals surface area contributed by atoms with Gasteiger partial charge < -0.3 is 10.6 Å². The zero-order chi connectivity index (χ0) is 17.3. The zero-order valence-corrected chi connectivity index (χ0v) is 13.9. The highest BCUT2D eigenvalue weighted by Crippen LogP contribution is 2.34. The number of nitrogens with zero attached hydrogens (tertiary/aromatic N) is 3. The van der Waals surface area contributed by atoms with E-state index in [0.29, 0.717) is 18.9 Å². The summed E-state index contributed by atoms with van der Waals surface area (Å²) in [6.45, 7) is 0.811. The first kappa shape index (κ1) is 15.7. The van der Waals surface area contributed by atoms with Crippen molar-refractivity contribution in [3.05, 3.63) is 42.6 Å². The molecule has 1 spiro atoms. The van der Waals surface area contributed by atoms with E-state index in [0.717, 1.165) is 31.4 Å². The Morgan fingerprint density at radius 2 is 1.88 bits per heavy atom. The fourth-order valence-corrected chi connectivity index (χ4v) is 3.64. The normalized spacial score (nSPS) is 18.8. The monoisotopic (exact) mass is 339 g/mol. The van der Waals surface area contributed by atoms with E-state index in [9.17, 15) is 9.59 Å². The Balaban J connectivity index is 1.35. The molecule has 2 N–H and O–H groups in total. The van der Waals surface area contributed by atoms with Gasteiger partial charge in [0.05, 0.1) is 5.69 Å². The van der Waals surface area contributed by atoms with Crippen molar-refractivity contribution in [1.82, 2.24) is 20.0 Å². The van der Waals surface area contributed by atoms with Crippen molar-refractivity contribution in [2.45, 2.75) is 31.2 Å². The first-order valence-corrected chi connectivity index (χ1v) is 8.67. The molecule has 1 saturated heterocycles. The van der Waals surface area contributed by atoms with Gasteiger partial charge in [0.25, 0.3) is 5.91 Å². The molecule has 0 radical (unpaired) electrons. The van der Waals surface area contributed by atoms with Crippen LogP contribution >= 0.6 is 0 Å². The topological polar surface area (TPSA) is 79.3 Å². The van der Waals surface area contributed by atoms with Gasteiger partial charge in [-0.3, -0.25) is 9.69 Å². The molecule has 1 aromatic heterocycles. The minimum atomic E-state index is -0.633. The molecular formula is C18H21N5O2. The van der Waals surface area contributed by atoms with Gasteiger partial charge in [0.15, 0.2) is 0 Å². The molecule has 2 fully saturated rings. The lowest BCUT2D eigenvalue weighted by atomic mass is 9.98. The van der Waals surface area contributed by atoms with Crippen LogP contribution in [-0.4, -0.2) is 45.2 Å². The van der Waals surface area contributed by atoms with E-state index in [1.165, 1.54) is 4.90 Å². The first-order valence-electron chi connectivity index (χ1n) is 8.67. The number of carbonyl (C=O) groups excluding carboxylic acids is 2. The van der Waals surface area contributed by atoms with Gasteiger partial charge in [-0.15, -0.1) is 0 Å². The summed E-state index contributed by atoms with van der Waals surface area (Å²) in [5.74, 6) is 0.637. The number of rotatable bonds is 5. The number of aromatic nitrogens is 2. The Kier molecular flexibility index (Phi) is 3.91. The van der Waals surface area contributed by atoms with Crippen molar-refractivity contribution < 1.29 is 9.59 Å². The average molecular weight is 339 g/mol. The third-order valence-corrected chi connectivity index (χ3v) is 4.95. The molecule has 130 valence electrons. The van der Waals surface area contributed by atoms with E-state index in [2.05, 4.69) is 15.7 Å². The van der Waals surface area contributed by atoms with Crippen LogP contribution in [0.4, 0.5) is 10.6 Å². The average Bonchev–Trinajstić information content (AvgIpc) is 3.33. The molecule has 0 atom stereocenters. The van der Waals surface area contributed by atoms with Crippen molar-refractivity contribution in [2.75, 3.05) is 18.4 Å². The van der Waals surface area contributed by atoms with Crippen LogP contribution in [0.25, 0.3) is 5.69 Å². The molecule has 1 aliphatic heterocycles. The van der Waals surface area contributed by atoms with Crippen LogP contribution in [0.15, 0.2) is 42.6 Å². The van der Waals surface area contributed by atoms with Crippen LogP contribution in [0.3, 0.4) is 0 Å². The number of benzene rings is 1. The predicted octanol–water partition coefficient (Wildman–Crippen LogP) is 2.15. The Morgan fingerprint density at radius 3 is 2.64 bits per heavy atom. The summed E-state index contributed by atoms with van der Waals surface area (Å²) < 4.78 is 1.78. The number of amides is 3. The summed E-state index contributed by atoms with van der Waals surface area (Å²) in [5.41, 5.74) is 0.347. The smallest absolute Gasteiger partial charge is 0.325 e. The molecule has 2 aliphatic rings. The number of nitrogens with one attached hydrogen (secondary N) is 2. The van der Waals surface area contributed by atoms with Crippen molar-refractivity contribution in [3.63, 3.8) is 0 Å². The minimum absolute atomic E-state index is 0.0772. The lowest BCUT2D eigenvalue weighted by molar-refractivity contribution is -0.131. The lowest BCUT2D eigenvalue weighted by Gasteiger charge is -2.20. The molecule has 3 amide bonds. The SMILES string of the molecule is O=C1NC2(CCCC2)C(=O)N1CCNc1ccn(-c2ccccc2)n1. The molecule has 0 unspecified atom stereocenters. The molecule has 25 heavy (non-hydrogen) atoms. The van der Waals surface area contributed by atoms with Crippen molar-refractivity contribution >= 4 is 17.8 Å². The molecule has 1 aliphatic carbocycles. The van der Waals surface area contributed by atoms with Crippen LogP contribution in [-0.2, 0) is 4.79 Å². The number of anilines is 1. The lowest BCUT2D eigenvalue weighted by Crippen LogP contribution is -2.44. The molecule has 0 bridgehead atoms. The molecule has 1 saturated carbocycles. The van der Waals surface area contributed by atoms with E-state index in [1.807, 2.05) is 42.6 Å². The van der Waals surface area contributed by atoms with Gasteiger partial charge in [0.2, 0.25) is 0 Å². The summed E-state index contributed by atoms with van der Waals surface area (Å²) in [7, 11) is 0. The van der Waals surface area contributed by atoms with Crippen LogP contribution in [0.5, 0.6) is 0 Å². The molecule has 7 nitrogen and oxygen atoms in total. The van der Waals surface area contributed by atoms with E-state index >= 15 is 0 Å². The molecule has 7 heteroatoms. The summed E-state index contributed by atoms with van der Waals surface area (Å²) in [6, 6.07) is 11.4. The number of imide groups is 1. The second kappa shape index (κ2) is 6.23. The summed E-state index contributed by atoms with van der Waals surface area (Å²) in [4.78, 5) is 26.0. The van der Waals surface area contributed by atoms with Gasteiger partial charge in [-0.2, -0.15) is 5.10 Å². The number of carbonyl (C=O) groups is 2. The van der Waals surface area contributed by atoms with Gasteiger partial charge in [-0.25, -0.2) is 9.48 Å². The summed E-state index contributed by atoms with van der Waals surface area (Å²) in [5, 5.41) is 10.5. The Hall–Kier alpha value is -2.83. The van der Waals surface area contributed by atoms with Gasteiger partial charge in [-0.05, 0) is 25.0 Å². The number of para-hydroxylation sites is 1. The fraction of sp³-hybridized carbons (Fsp3) is 0.389. The largest absolute Gasteiger partial charge is 0.367 e. The Morgan fingerprint density at radius 1 is 1.12 bits per heavy atom. The van der Waals surface area contributed by atoms with Gasteiger partial charge in [0.1, 0.15) is 11.4 Å². The second-order valence-corrected chi connectivity index (χ2v) is 6.58. The van der Waals surface area contributed by atoms with E-state index < -0.39 is 5.54 Å².